The molecular weight excluding hydrogens is 328 g/mol. The van der Waals surface area contributed by atoms with Gasteiger partial charge in [-0.15, -0.1) is 0 Å². The van der Waals surface area contributed by atoms with Crippen molar-refractivity contribution in [3.05, 3.63) is 54.6 Å². The lowest BCUT2D eigenvalue weighted by Gasteiger charge is -2.20. The molecular formula is C21H24N2O3. The fourth-order valence-corrected chi connectivity index (χ4v) is 3.03. The molecule has 26 heavy (non-hydrogen) atoms. The molecule has 0 bridgehead atoms. The highest BCUT2D eigenvalue weighted by Gasteiger charge is 2.36. The van der Waals surface area contributed by atoms with Crippen molar-refractivity contribution in [1.82, 2.24) is 5.32 Å². The minimum atomic E-state index is -0.316. The molecule has 1 aliphatic heterocycles. The average molecular weight is 352 g/mol. The minimum absolute atomic E-state index is 0.0456. The first-order valence-electron chi connectivity index (χ1n) is 9.09. The Hall–Kier alpha value is -2.82. The molecule has 0 aromatic heterocycles. The van der Waals surface area contributed by atoms with Gasteiger partial charge in [0.25, 0.3) is 0 Å². The summed E-state index contributed by atoms with van der Waals surface area (Å²) in [6, 6.07) is 16.9. The van der Waals surface area contributed by atoms with Crippen molar-refractivity contribution in [3.8, 4) is 11.5 Å². The molecule has 1 unspecified atom stereocenters. The summed E-state index contributed by atoms with van der Waals surface area (Å²) < 4.78 is 5.95. The van der Waals surface area contributed by atoms with Crippen LogP contribution in [0.1, 0.15) is 26.2 Å². The number of amides is 2. The molecule has 0 aliphatic carbocycles. The van der Waals surface area contributed by atoms with Crippen LogP contribution in [0.2, 0.25) is 0 Å². The number of benzene rings is 2. The number of hydrogen-bond acceptors (Lipinski definition) is 3. The van der Waals surface area contributed by atoms with Crippen molar-refractivity contribution < 1.29 is 14.3 Å². The topological polar surface area (TPSA) is 58.6 Å². The predicted molar refractivity (Wildman–Crippen MR) is 101 cm³/mol. The zero-order chi connectivity index (χ0) is 18.4. The maximum Gasteiger partial charge on any atom is 0.227 e. The van der Waals surface area contributed by atoms with Crippen LogP contribution in [0.3, 0.4) is 0 Å². The maximum atomic E-state index is 12.5. The minimum Gasteiger partial charge on any atom is -0.455 e. The van der Waals surface area contributed by atoms with Gasteiger partial charge in [-0.3, -0.25) is 9.59 Å². The third kappa shape index (κ3) is 4.23. The van der Waals surface area contributed by atoms with Gasteiger partial charge in [-0.25, -0.2) is 0 Å². The quantitative estimate of drug-likeness (QED) is 0.772. The Morgan fingerprint density at radius 3 is 2.65 bits per heavy atom. The number of nitrogens with one attached hydrogen (secondary N) is 1. The van der Waals surface area contributed by atoms with E-state index < -0.39 is 0 Å². The molecule has 5 nitrogen and oxygen atoms in total. The number of rotatable bonds is 7. The summed E-state index contributed by atoms with van der Waals surface area (Å²) in [6.07, 6.45) is 2.21. The number of nitrogens with zero attached hydrogens (tertiary/aromatic N) is 1. The van der Waals surface area contributed by atoms with E-state index in [1.807, 2.05) is 54.6 Å². The second kappa shape index (κ2) is 8.52. The van der Waals surface area contributed by atoms with Gasteiger partial charge in [0.2, 0.25) is 11.8 Å². The van der Waals surface area contributed by atoms with E-state index in [1.54, 1.807) is 4.90 Å². The number of ether oxygens (including phenoxy) is 1. The molecule has 136 valence electrons. The van der Waals surface area contributed by atoms with Crippen molar-refractivity contribution in [3.63, 3.8) is 0 Å². The summed E-state index contributed by atoms with van der Waals surface area (Å²) in [5, 5.41) is 2.92. The Morgan fingerprint density at radius 1 is 1.15 bits per heavy atom. The van der Waals surface area contributed by atoms with E-state index in [-0.39, 0.29) is 24.2 Å². The molecule has 0 saturated carbocycles. The first-order chi connectivity index (χ1) is 12.7. The predicted octanol–water partition coefficient (Wildman–Crippen LogP) is 3.75. The van der Waals surface area contributed by atoms with E-state index in [2.05, 4.69) is 12.2 Å². The van der Waals surface area contributed by atoms with Crippen molar-refractivity contribution in [2.75, 3.05) is 18.0 Å². The molecule has 1 fully saturated rings. The average Bonchev–Trinajstić information content (AvgIpc) is 3.05. The molecule has 2 amide bonds. The number of hydrogen-bond donors (Lipinski definition) is 1. The Labute approximate surface area is 154 Å². The van der Waals surface area contributed by atoms with Gasteiger partial charge in [-0.2, -0.15) is 0 Å². The van der Waals surface area contributed by atoms with E-state index >= 15 is 0 Å². The third-order valence-electron chi connectivity index (χ3n) is 4.45. The molecule has 1 N–H and O–H groups in total. The van der Waals surface area contributed by atoms with Crippen molar-refractivity contribution in [2.24, 2.45) is 5.92 Å². The molecule has 0 radical (unpaired) electrons. The summed E-state index contributed by atoms with van der Waals surface area (Å²) in [5.41, 5.74) is 0.699. The molecule has 1 aliphatic rings. The van der Waals surface area contributed by atoms with Gasteiger partial charge >= 0.3 is 0 Å². The van der Waals surface area contributed by atoms with Gasteiger partial charge in [-0.05, 0) is 30.7 Å². The van der Waals surface area contributed by atoms with E-state index in [4.69, 9.17) is 4.74 Å². The van der Waals surface area contributed by atoms with Crippen molar-refractivity contribution in [2.45, 2.75) is 26.2 Å². The molecule has 1 saturated heterocycles. The largest absolute Gasteiger partial charge is 0.455 e. The Balaban J connectivity index is 1.73. The number of carbonyl (C=O) groups excluding carboxylic acids is 2. The number of anilines is 1. The van der Waals surface area contributed by atoms with E-state index in [0.29, 0.717) is 30.3 Å². The first-order valence-corrected chi connectivity index (χ1v) is 9.09. The fourth-order valence-electron chi connectivity index (χ4n) is 3.03. The third-order valence-corrected chi connectivity index (χ3v) is 4.45. The molecule has 1 heterocycles. The van der Waals surface area contributed by atoms with Crippen molar-refractivity contribution >= 4 is 17.5 Å². The Morgan fingerprint density at radius 2 is 1.88 bits per heavy atom. The summed E-state index contributed by atoms with van der Waals surface area (Å²) in [6.45, 7) is 3.12. The van der Waals surface area contributed by atoms with Gasteiger partial charge in [0.1, 0.15) is 5.75 Å². The van der Waals surface area contributed by atoms with Crippen LogP contribution < -0.4 is 15.0 Å². The SMILES string of the molecule is CCCCNC(=O)C1CC(=O)N(c2ccccc2Oc2ccccc2)C1. The first kappa shape index (κ1) is 18.0. The lowest BCUT2D eigenvalue weighted by Crippen LogP contribution is -2.33. The van der Waals surface area contributed by atoms with E-state index in [0.717, 1.165) is 12.8 Å². The fraction of sp³-hybridized carbons (Fsp3) is 0.333. The lowest BCUT2D eigenvalue weighted by molar-refractivity contribution is -0.126. The molecule has 5 heteroatoms. The molecule has 2 aromatic rings. The summed E-state index contributed by atoms with van der Waals surface area (Å²) in [7, 11) is 0. The van der Waals surface area contributed by atoms with Crippen LogP contribution in [0, 0.1) is 5.92 Å². The summed E-state index contributed by atoms with van der Waals surface area (Å²) in [5.74, 6) is 0.907. The highest BCUT2D eigenvalue weighted by Crippen LogP contribution is 2.35. The van der Waals surface area contributed by atoms with Gasteiger partial charge in [0.15, 0.2) is 5.75 Å². The zero-order valence-corrected chi connectivity index (χ0v) is 15.0. The second-order valence-corrected chi connectivity index (χ2v) is 6.43. The van der Waals surface area contributed by atoms with Crippen LogP contribution in [0.25, 0.3) is 0 Å². The van der Waals surface area contributed by atoms with Crippen LogP contribution in [0.5, 0.6) is 11.5 Å². The number of carbonyl (C=O) groups is 2. The normalized spacial score (nSPS) is 16.6. The van der Waals surface area contributed by atoms with Gasteiger partial charge in [-0.1, -0.05) is 43.7 Å². The Kier molecular flexibility index (Phi) is 5.89. The molecule has 1 atom stereocenters. The standard InChI is InChI=1S/C21H24N2O3/c1-2-3-13-22-21(25)16-14-20(24)23(15-16)18-11-7-8-12-19(18)26-17-9-5-4-6-10-17/h4-12,16H,2-3,13-15H2,1H3,(H,22,25). The van der Waals surface area contributed by atoms with Gasteiger partial charge in [0, 0.05) is 19.5 Å². The zero-order valence-electron chi connectivity index (χ0n) is 15.0. The molecule has 3 rings (SSSR count). The van der Waals surface area contributed by atoms with Crippen molar-refractivity contribution in [1.29, 1.82) is 0 Å². The van der Waals surface area contributed by atoms with Gasteiger partial charge < -0.3 is 15.0 Å². The van der Waals surface area contributed by atoms with Crippen LogP contribution >= 0.6 is 0 Å². The van der Waals surface area contributed by atoms with Crippen LogP contribution in [-0.4, -0.2) is 24.9 Å². The highest BCUT2D eigenvalue weighted by molar-refractivity contribution is 6.01. The number of para-hydroxylation sites is 3. The summed E-state index contributed by atoms with van der Waals surface area (Å²) in [4.78, 5) is 26.5. The summed E-state index contributed by atoms with van der Waals surface area (Å²) >= 11 is 0. The van der Waals surface area contributed by atoms with Crippen LogP contribution in [-0.2, 0) is 9.59 Å². The van der Waals surface area contributed by atoms with Crippen LogP contribution in [0.15, 0.2) is 54.6 Å². The smallest absolute Gasteiger partial charge is 0.227 e. The van der Waals surface area contributed by atoms with E-state index in [1.165, 1.54) is 0 Å². The maximum absolute atomic E-state index is 12.5. The number of unbranched alkanes of at least 4 members (excludes halogenated alkanes) is 1. The molecule has 0 spiro atoms. The van der Waals surface area contributed by atoms with E-state index in [9.17, 15) is 9.59 Å². The Bertz CT molecular complexity index is 761. The van der Waals surface area contributed by atoms with Crippen LogP contribution in [0.4, 0.5) is 5.69 Å². The van der Waals surface area contributed by atoms with Gasteiger partial charge in [0.05, 0.1) is 11.6 Å². The second-order valence-electron chi connectivity index (χ2n) is 6.43. The lowest BCUT2D eigenvalue weighted by atomic mass is 10.1. The monoisotopic (exact) mass is 352 g/mol. The highest BCUT2D eigenvalue weighted by atomic mass is 16.5. The molecule has 2 aromatic carbocycles.